The first-order chi connectivity index (χ1) is 7.18. The molecule has 0 atom stereocenters. The first-order valence-corrected chi connectivity index (χ1v) is 4.69. The summed E-state index contributed by atoms with van der Waals surface area (Å²) in [4.78, 5) is 16.1. The van der Waals surface area contributed by atoms with Crippen LogP contribution < -0.4 is 0 Å². The Kier molecular flexibility index (Phi) is 2.37. The zero-order valence-corrected chi connectivity index (χ0v) is 8.65. The number of hydrogen-bond donors (Lipinski definition) is 0. The summed E-state index contributed by atoms with van der Waals surface area (Å²) >= 11 is 0. The van der Waals surface area contributed by atoms with E-state index in [1.54, 1.807) is 12.1 Å². The molecule has 0 aromatic carbocycles. The van der Waals surface area contributed by atoms with Gasteiger partial charge in [-0.1, -0.05) is 6.07 Å². The van der Waals surface area contributed by atoms with Gasteiger partial charge in [0.2, 0.25) is 5.78 Å². The second kappa shape index (κ2) is 3.69. The summed E-state index contributed by atoms with van der Waals surface area (Å²) in [5, 5.41) is 0. The topological polar surface area (TPSA) is 43.1 Å². The number of rotatable bonds is 2. The lowest BCUT2D eigenvalue weighted by Crippen LogP contribution is -2.04. The van der Waals surface area contributed by atoms with Crippen molar-refractivity contribution in [3.05, 3.63) is 53.2 Å². The Morgan fingerprint density at radius 1 is 1.27 bits per heavy atom. The Morgan fingerprint density at radius 2 is 2.07 bits per heavy atom. The van der Waals surface area contributed by atoms with Crippen molar-refractivity contribution >= 4 is 5.78 Å². The predicted molar refractivity (Wildman–Crippen MR) is 55.9 cm³/mol. The van der Waals surface area contributed by atoms with Crippen LogP contribution in [0, 0.1) is 13.8 Å². The maximum Gasteiger partial charge on any atom is 0.214 e. The molecule has 2 rings (SSSR count). The third-order valence-electron chi connectivity index (χ3n) is 2.37. The number of aromatic nitrogens is 1. The van der Waals surface area contributed by atoms with E-state index in [2.05, 4.69) is 4.98 Å². The van der Waals surface area contributed by atoms with Crippen molar-refractivity contribution in [3.8, 4) is 0 Å². The molecule has 0 amide bonds. The lowest BCUT2D eigenvalue weighted by molar-refractivity contribution is 0.103. The summed E-state index contributed by atoms with van der Waals surface area (Å²) in [7, 11) is 0. The van der Waals surface area contributed by atoms with Crippen molar-refractivity contribution in [2.75, 3.05) is 0 Å². The molecule has 0 aliphatic rings. The van der Waals surface area contributed by atoms with Crippen molar-refractivity contribution in [1.29, 1.82) is 0 Å². The highest BCUT2D eigenvalue weighted by molar-refractivity contribution is 6.07. The molecule has 0 N–H and O–H groups in total. The lowest BCUT2D eigenvalue weighted by Gasteiger charge is -2.01. The summed E-state index contributed by atoms with van der Waals surface area (Å²) < 4.78 is 4.86. The predicted octanol–water partition coefficient (Wildman–Crippen LogP) is 2.52. The Bertz CT molecular complexity index is 486. The van der Waals surface area contributed by atoms with Gasteiger partial charge < -0.3 is 4.42 Å². The van der Waals surface area contributed by atoms with E-state index in [0.717, 1.165) is 11.3 Å². The number of aryl methyl sites for hydroxylation is 2. The molecule has 2 aromatic rings. The van der Waals surface area contributed by atoms with E-state index in [-0.39, 0.29) is 5.78 Å². The molecule has 0 unspecified atom stereocenters. The smallest absolute Gasteiger partial charge is 0.214 e. The van der Waals surface area contributed by atoms with Crippen molar-refractivity contribution in [2.24, 2.45) is 0 Å². The number of nitrogens with zero attached hydrogens (tertiary/aromatic N) is 1. The number of hydrogen-bond acceptors (Lipinski definition) is 3. The van der Waals surface area contributed by atoms with Crippen LogP contribution in [0.25, 0.3) is 0 Å². The zero-order valence-electron chi connectivity index (χ0n) is 8.65. The molecule has 2 aromatic heterocycles. The van der Waals surface area contributed by atoms with Crippen LogP contribution in [0.2, 0.25) is 0 Å². The Labute approximate surface area is 87.8 Å². The summed E-state index contributed by atoms with van der Waals surface area (Å²) in [6.45, 7) is 3.86. The van der Waals surface area contributed by atoms with E-state index < -0.39 is 0 Å². The average Bonchev–Trinajstić information content (AvgIpc) is 2.74. The lowest BCUT2D eigenvalue weighted by atomic mass is 10.1. The van der Waals surface area contributed by atoms with Crippen LogP contribution in [0.1, 0.15) is 27.3 Å². The van der Waals surface area contributed by atoms with E-state index in [4.69, 9.17) is 4.42 Å². The SMILES string of the molecule is Cc1ccc(C(=O)c2ccoc2)nc1C. The Balaban J connectivity index is 2.39. The molecule has 0 saturated carbocycles. The number of furan rings is 1. The van der Waals surface area contributed by atoms with Gasteiger partial charge in [0.25, 0.3) is 0 Å². The van der Waals surface area contributed by atoms with Gasteiger partial charge in [0.05, 0.1) is 11.8 Å². The molecule has 0 aliphatic carbocycles. The highest BCUT2D eigenvalue weighted by Gasteiger charge is 2.11. The van der Waals surface area contributed by atoms with Gasteiger partial charge in [-0.15, -0.1) is 0 Å². The molecule has 3 heteroatoms. The fraction of sp³-hybridized carbons (Fsp3) is 0.167. The largest absolute Gasteiger partial charge is 0.472 e. The minimum absolute atomic E-state index is 0.105. The fourth-order valence-corrected chi connectivity index (χ4v) is 1.30. The molecule has 0 bridgehead atoms. The number of carbonyl (C=O) groups excluding carboxylic acids is 1. The first-order valence-electron chi connectivity index (χ1n) is 4.69. The standard InChI is InChI=1S/C12H11NO2/c1-8-3-4-11(13-9(8)2)12(14)10-5-6-15-7-10/h3-7H,1-2H3. The van der Waals surface area contributed by atoms with E-state index in [1.165, 1.54) is 12.5 Å². The Hall–Kier alpha value is -1.90. The second-order valence-electron chi connectivity index (χ2n) is 3.44. The van der Waals surface area contributed by atoms with Crippen LogP contribution >= 0.6 is 0 Å². The number of pyridine rings is 1. The van der Waals surface area contributed by atoms with Crippen LogP contribution in [-0.4, -0.2) is 10.8 Å². The second-order valence-corrected chi connectivity index (χ2v) is 3.44. The third-order valence-corrected chi connectivity index (χ3v) is 2.37. The summed E-state index contributed by atoms with van der Waals surface area (Å²) in [5.41, 5.74) is 2.95. The minimum Gasteiger partial charge on any atom is -0.472 e. The molecule has 0 spiro atoms. The molecular weight excluding hydrogens is 190 g/mol. The van der Waals surface area contributed by atoms with Crippen molar-refractivity contribution in [1.82, 2.24) is 4.98 Å². The van der Waals surface area contributed by atoms with Gasteiger partial charge in [0, 0.05) is 5.69 Å². The maximum atomic E-state index is 11.8. The van der Waals surface area contributed by atoms with Gasteiger partial charge in [0.15, 0.2) is 0 Å². The molecule has 0 aliphatic heterocycles. The van der Waals surface area contributed by atoms with E-state index in [9.17, 15) is 4.79 Å². The first kappa shape index (κ1) is 9.65. The van der Waals surface area contributed by atoms with Gasteiger partial charge in [-0.05, 0) is 31.5 Å². The normalized spacial score (nSPS) is 10.3. The van der Waals surface area contributed by atoms with Gasteiger partial charge in [-0.2, -0.15) is 0 Å². The summed E-state index contributed by atoms with van der Waals surface area (Å²) in [6.07, 6.45) is 2.91. The summed E-state index contributed by atoms with van der Waals surface area (Å²) in [6, 6.07) is 5.27. The monoisotopic (exact) mass is 201 g/mol. The van der Waals surface area contributed by atoms with Crippen LogP contribution in [0.15, 0.2) is 35.1 Å². The summed E-state index contributed by atoms with van der Waals surface area (Å²) in [5.74, 6) is -0.105. The molecule has 3 nitrogen and oxygen atoms in total. The number of ketones is 1. The molecule has 0 fully saturated rings. The van der Waals surface area contributed by atoms with Crippen molar-refractivity contribution in [2.45, 2.75) is 13.8 Å². The van der Waals surface area contributed by atoms with E-state index in [0.29, 0.717) is 11.3 Å². The van der Waals surface area contributed by atoms with Crippen molar-refractivity contribution < 1.29 is 9.21 Å². The van der Waals surface area contributed by atoms with Gasteiger partial charge in [-0.3, -0.25) is 4.79 Å². The maximum absolute atomic E-state index is 11.8. The quantitative estimate of drug-likeness (QED) is 0.701. The van der Waals surface area contributed by atoms with Gasteiger partial charge in [-0.25, -0.2) is 4.98 Å². The van der Waals surface area contributed by atoms with Gasteiger partial charge in [0.1, 0.15) is 12.0 Å². The van der Waals surface area contributed by atoms with Crippen LogP contribution in [0.3, 0.4) is 0 Å². The minimum atomic E-state index is -0.105. The molecule has 76 valence electrons. The molecule has 2 heterocycles. The fourth-order valence-electron chi connectivity index (χ4n) is 1.30. The number of carbonyl (C=O) groups is 1. The highest BCUT2D eigenvalue weighted by atomic mass is 16.3. The molecule has 0 radical (unpaired) electrons. The zero-order chi connectivity index (χ0) is 10.8. The van der Waals surface area contributed by atoms with E-state index >= 15 is 0 Å². The van der Waals surface area contributed by atoms with Gasteiger partial charge >= 0.3 is 0 Å². The van der Waals surface area contributed by atoms with E-state index in [1.807, 2.05) is 19.9 Å². The third kappa shape index (κ3) is 1.81. The Morgan fingerprint density at radius 3 is 2.67 bits per heavy atom. The highest BCUT2D eigenvalue weighted by Crippen LogP contribution is 2.10. The molecule has 15 heavy (non-hydrogen) atoms. The molecule has 0 saturated heterocycles. The van der Waals surface area contributed by atoms with Crippen LogP contribution in [0.5, 0.6) is 0 Å². The van der Waals surface area contributed by atoms with Crippen molar-refractivity contribution in [3.63, 3.8) is 0 Å². The molecular formula is C12H11NO2. The van der Waals surface area contributed by atoms with Crippen LogP contribution in [0.4, 0.5) is 0 Å². The van der Waals surface area contributed by atoms with Crippen LogP contribution in [-0.2, 0) is 0 Å². The average molecular weight is 201 g/mol.